The van der Waals surface area contributed by atoms with E-state index < -0.39 is 5.47 Å². The van der Waals surface area contributed by atoms with Crippen molar-refractivity contribution in [1.82, 2.24) is 0 Å². The largest absolute Gasteiger partial charge is 0.0622 e. The standard InChI is InChI=1S/C8H9PS2/c10-9(11)7-6-8-4-2-1-3-5-8/h1-5H,6-7H2. The van der Waals surface area contributed by atoms with Gasteiger partial charge < -0.3 is 0 Å². The monoisotopic (exact) mass is 200 g/mol. The molecule has 0 N–H and O–H groups in total. The van der Waals surface area contributed by atoms with Crippen LogP contribution in [0, 0.1) is 0 Å². The lowest BCUT2D eigenvalue weighted by Gasteiger charge is -1.94. The Morgan fingerprint density at radius 3 is 2.27 bits per heavy atom. The van der Waals surface area contributed by atoms with E-state index in [1.807, 2.05) is 18.2 Å². The lowest BCUT2D eigenvalue weighted by atomic mass is 10.2. The van der Waals surface area contributed by atoms with Gasteiger partial charge in [-0.05, 0) is 12.0 Å². The summed E-state index contributed by atoms with van der Waals surface area (Å²) in [5.74, 6) is 0. The lowest BCUT2D eigenvalue weighted by molar-refractivity contribution is 1.16. The third kappa shape index (κ3) is 3.76. The van der Waals surface area contributed by atoms with Crippen molar-refractivity contribution in [2.45, 2.75) is 6.42 Å². The molecule has 0 saturated heterocycles. The van der Waals surface area contributed by atoms with E-state index in [9.17, 15) is 0 Å². The van der Waals surface area contributed by atoms with Crippen LogP contribution in [0.5, 0.6) is 0 Å². The fourth-order valence-electron chi connectivity index (χ4n) is 0.865. The fraction of sp³-hybridized carbons (Fsp3) is 0.250. The predicted octanol–water partition coefficient (Wildman–Crippen LogP) is 2.63. The van der Waals surface area contributed by atoms with Crippen molar-refractivity contribution in [1.29, 1.82) is 0 Å². The SMILES string of the molecule is S=P(=S)CCc1ccccc1. The highest BCUT2D eigenvalue weighted by Crippen LogP contribution is 2.08. The van der Waals surface area contributed by atoms with E-state index in [1.54, 1.807) is 0 Å². The van der Waals surface area contributed by atoms with Crippen LogP contribution in [-0.4, -0.2) is 6.16 Å². The maximum absolute atomic E-state index is 4.96. The highest BCUT2D eigenvalue weighted by molar-refractivity contribution is 8.25. The lowest BCUT2D eigenvalue weighted by Crippen LogP contribution is -1.83. The van der Waals surface area contributed by atoms with E-state index >= 15 is 0 Å². The number of hydrogen-bond donors (Lipinski definition) is 0. The summed E-state index contributed by atoms with van der Waals surface area (Å²) in [7, 11) is 0. The molecule has 1 aromatic rings. The predicted molar refractivity (Wildman–Crippen MR) is 56.7 cm³/mol. The maximum atomic E-state index is 4.96. The summed E-state index contributed by atoms with van der Waals surface area (Å²) >= 11 is 9.92. The molecule has 0 saturated carbocycles. The van der Waals surface area contributed by atoms with Crippen molar-refractivity contribution < 1.29 is 0 Å². The minimum absolute atomic E-state index is 0.557. The van der Waals surface area contributed by atoms with E-state index in [-0.39, 0.29) is 0 Å². The molecule has 0 nitrogen and oxygen atoms in total. The van der Waals surface area contributed by atoms with Crippen LogP contribution in [0.1, 0.15) is 5.56 Å². The zero-order valence-electron chi connectivity index (χ0n) is 6.06. The van der Waals surface area contributed by atoms with E-state index in [0.29, 0.717) is 0 Å². The summed E-state index contributed by atoms with van der Waals surface area (Å²) in [5, 5.41) is 0. The first-order valence-corrected chi connectivity index (χ1v) is 7.00. The first-order chi connectivity index (χ1) is 5.29. The average molecular weight is 200 g/mol. The van der Waals surface area contributed by atoms with Crippen LogP contribution in [-0.2, 0) is 30.0 Å². The average Bonchev–Trinajstić information content (AvgIpc) is 2.03. The van der Waals surface area contributed by atoms with Gasteiger partial charge in [0.05, 0.1) is 0 Å². The van der Waals surface area contributed by atoms with Crippen molar-refractivity contribution in [3.8, 4) is 0 Å². The molecule has 0 unspecified atom stereocenters. The number of benzene rings is 1. The van der Waals surface area contributed by atoms with Crippen molar-refractivity contribution in [2.75, 3.05) is 6.16 Å². The summed E-state index contributed by atoms with van der Waals surface area (Å²) in [6.45, 7) is 0. The van der Waals surface area contributed by atoms with E-state index in [2.05, 4.69) is 12.1 Å². The molecule has 11 heavy (non-hydrogen) atoms. The van der Waals surface area contributed by atoms with Gasteiger partial charge in [-0.1, -0.05) is 53.9 Å². The Hall–Kier alpha value is -0.0400. The van der Waals surface area contributed by atoms with Gasteiger partial charge in [0.1, 0.15) is 0 Å². The molecule has 0 aromatic heterocycles. The molecule has 0 atom stereocenters. The Kier molecular flexibility index (Phi) is 3.92. The normalized spacial score (nSPS) is 9.45. The minimum atomic E-state index is -0.557. The van der Waals surface area contributed by atoms with E-state index in [0.717, 1.165) is 12.6 Å². The summed E-state index contributed by atoms with van der Waals surface area (Å²) in [5.41, 5.74) is 0.785. The van der Waals surface area contributed by atoms with Crippen LogP contribution >= 0.6 is 5.47 Å². The molecule has 0 aliphatic carbocycles. The smallest absolute Gasteiger partial charge is 0.0106 e. The van der Waals surface area contributed by atoms with Crippen LogP contribution in [0.4, 0.5) is 0 Å². The van der Waals surface area contributed by atoms with Gasteiger partial charge in [-0.15, -0.1) is 0 Å². The van der Waals surface area contributed by atoms with Gasteiger partial charge in [-0.25, -0.2) is 0 Å². The Morgan fingerprint density at radius 2 is 1.73 bits per heavy atom. The first kappa shape index (κ1) is 9.05. The molecule has 0 aliphatic heterocycles. The molecule has 0 aliphatic rings. The Balaban J connectivity index is 2.52. The van der Waals surface area contributed by atoms with Crippen molar-refractivity contribution in [2.24, 2.45) is 0 Å². The van der Waals surface area contributed by atoms with Gasteiger partial charge in [0.2, 0.25) is 0 Å². The van der Waals surface area contributed by atoms with Crippen molar-refractivity contribution >= 4 is 29.1 Å². The maximum Gasteiger partial charge on any atom is 0.0106 e. The van der Waals surface area contributed by atoms with Crippen LogP contribution in [0.15, 0.2) is 30.3 Å². The van der Waals surface area contributed by atoms with Crippen LogP contribution < -0.4 is 0 Å². The zero-order chi connectivity index (χ0) is 8.10. The Labute approximate surface area is 77.7 Å². The summed E-state index contributed by atoms with van der Waals surface area (Å²) in [6, 6.07) is 10.3. The second-order valence-corrected chi connectivity index (χ2v) is 6.74. The molecular weight excluding hydrogens is 191 g/mol. The van der Waals surface area contributed by atoms with Crippen LogP contribution in [0.2, 0.25) is 0 Å². The molecular formula is C8H9PS2. The second-order valence-electron chi connectivity index (χ2n) is 2.29. The Bertz CT molecular complexity index is 269. The number of aryl methyl sites for hydroxylation is 1. The number of hydrogen-bond acceptors (Lipinski definition) is 2. The molecule has 58 valence electrons. The molecule has 0 amide bonds. The number of rotatable bonds is 3. The molecule has 1 rings (SSSR count). The second kappa shape index (κ2) is 4.76. The van der Waals surface area contributed by atoms with Crippen LogP contribution in [0.3, 0.4) is 0 Å². The van der Waals surface area contributed by atoms with Crippen molar-refractivity contribution in [3.63, 3.8) is 0 Å². The third-order valence-electron chi connectivity index (χ3n) is 1.43. The highest BCUT2D eigenvalue weighted by Gasteiger charge is 1.89. The molecule has 0 fully saturated rings. The third-order valence-corrected chi connectivity index (χ3v) is 3.11. The topological polar surface area (TPSA) is 0 Å². The van der Waals surface area contributed by atoms with E-state index in [1.165, 1.54) is 5.56 Å². The van der Waals surface area contributed by atoms with Gasteiger partial charge in [-0.3, -0.25) is 0 Å². The van der Waals surface area contributed by atoms with Gasteiger partial charge in [0, 0.05) is 11.6 Å². The minimum Gasteiger partial charge on any atom is -0.0622 e. The Morgan fingerprint density at radius 1 is 1.09 bits per heavy atom. The van der Waals surface area contributed by atoms with Gasteiger partial charge in [0.15, 0.2) is 0 Å². The molecule has 1 aromatic carbocycles. The molecule has 0 spiro atoms. The summed E-state index contributed by atoms with van der Waals surface area (Å²) in [6.07, 6.45) is 2.03. The van der Waals surface area contributed by atoms with E-state index in [4.69, 9.17) is 23.6 Å². The fourth-order valence-corrected chi connectivity index (χ4v) is 1.85. The zero-order valence-corrected chi connectivity index (χ0v) is 8.59. The van der Waals surface area contributed by atoms with Crippen molar-refractivity contribution in [3.05, 3.63) is 35.9 Å². The molecule has 0 heterocycles. The summed E-state index contributed by atoms with van der Waals surface area (Å²) in [4.78, 5) is 0. The highest BCUT2D eigenvalue weighted by atomic mass is 32.7. The summed E-state index contributed by atoms with van der Waals surface area (Å²) < 4.78 is 0. The first-order valence-electron chi connectivity index (χ1n) is 3.45. The molecule has 3 heteroatoms. The molecule has 0 radical (unpaired) electrons. The quantitative estimate of drug-likeness (QED) is 0.688. The molecule has 0 bridgehead atoms. The van der Waals surface area contributed by atoms with Gasteiger partial charge in [-0.2, -0.15) is 0 Å². The van der Waals surface area contributed by atoms with Gasteiger partial charge >= 0.3 is 0 Å². The van der Waals surface area contributed by atoms with Gasteiger partial charge in [0.25, 0.3) is 0 Å². The van der Waals surface area contributed by atoms with Crippen LogP contribution in [0.25, 0.3) is 0 Å².